The average Bonchev–Trinajstić information content (AvgIpc) is 3.56. The molecule has 28 heavy (non-hydrogen) atoms. The maximum Gasteiger partial charge on any atom is 0.251 e. The third-order valence-electron chi connectivity index (χ3n) is 5.03. The van der Waals surface area contributed by atoms with Crippen molar-refractivity contribution in [2.24, 2.45) is 5.92 Å². The number of rotatable bonds is 10. The van der Waals surface area contributed by atoms with Crippen LogP contribution in [-0.2, 0) is 12.2 Å². The van der Waals surface area contributed by atoms with Crippen LogP contribution in [0.5, 0.6) is 0 Å². The second-order valence-electron chi connectivity index (χ2n) is 7.16. The summed E-state index contributed by atoms with van der Waals surface area (Å²) in [5.74, 6) is 2.50. The van der Waals surface area contributed by atoms with E-state index in [-0.39, 0.29) is 5.91 Å². The van der Waals surface area contributed by atoms with Crippen molar-refractivity contribution in [1.29, 1.82) is 0 Å². The number of thioether (sulfide) groups is 1. The van der Waals surface area contributed by atoms with E-state index >= 15 is 0 Å². The summed E-state index contributed by atoms with van der Waals surface area (Å²) in [6.45, 7) is 9.08. The van der Waals surface area contributed by atoms with Crippen molar-refractivity contribution in [3.63, 3.8) is 0 Å². The molecule has 1 aliphatic rings. The molecule has 2 aromatic rings. The van der Waals surface area contributed by atoms with Crippen LogP contribution in [0.4, 0.5) is 5.82 Å². The molecule has 5 nitrogen and oxygen atoms in total. The lowest BCUT2D eigenvalue weighted by Gasteiger charge is -2.20. The normalized spacial score (nSPS) is 13.4. The minimum atomic E-state index is 0.0222. The van der Waals surface area contributed by atoms with Crippen LogP contribution in [-0.4, -0.2) is 35.5 Å². The number of carbonyl (C=O) groups excluding carboxylic acids is 1. The number of nitrogens with one attached hydrogen (secondary N) is 1. The zero-order chi connectivity index (χ0) is 19.9. The molecule has 1 aliphatic carbocycles. The summed E-state index contributed by atoms with van der Waals surface area (Å²) in [5, 5.41) is 3.82. The monoisotopic (exact) mass is 398 g/mol. The van der Waals surface area contributed by atoms with Crippen LogP contribution in [0.2, 0.25) is 0 Å². The third-order valence-corrected chi connectivity index (χ3v) is 5.95. The van der Waals surface area contributed by atoms with Crippen LogP contribution in [0.1, 0.15) is 55.2 Å². The van der Waals surface area contributed by atoms with Gasteiger partial charge in [-0.25, -0.2) is 9.97 Å². The first-order valence-corrected chi connectivity index (χ1v) is 11.2. The fraction of sp³-hybridized carbons (Fsp3) is 0.500. The summed E-state index contributed by atoms with van der Waals surface area (Å²) in [5.41, 5.74) is 2.96. The van der Waals surface area contributed by atoms with Gasteiger partial charge in [-0.2, -0.15) is 0 Å². The maximum absolute atomic E-state index is 12.2. The summed E-state index contributed by atoms with van der Waals surface area (Å²) in [6.07, 6.45) is 3.39. The number of anilines is 1. The van der Waals surface area contributed by atoms with E-state index in [1.807, 2.05) is 24.3 Å². The highest BCUT2D eigenvalue weighted by molar-refractivity contribution is 7.98. The van der Waals surface area contributed by atoms with Gasteiger partial charge < -0.3 is 10.2 Å². The number of hydrogen-bond acceptors (Lipinski definition) is 5. The lowest BCUT2D eigenvalue weighted by molar-refractivity contribution is 0.0952. The predicted octanol–water partition coefficient (Wildman–Crippen LogP) is 4.32. The van der Waals surface area contributed by atoms with Gasteiger partial charge in [-0.3, -0.25) is 4.79 Å². The molecule has 0 radical (unpaired) electrons. The smallest absolute Gasteiger partial charge is 0.251 e. The maximum atomic E-state index is 12.2. The van der Waals surface area contributed by atoms with E-state index in [9.17, 15) is 4.79 Å². The Bertz CT molecular complexity index is 786. The van der Waals surface area contributed by atoms with E-state index < -0.39 is 0 Å². The Morgan fingerprint density at radius 3 is 2.46 bits per heavy atom. The van der Waals surface area contributed by atoms with Crippen LogP contribution in [0.15, 0.2) is 35.5 Å². The van der Waals surface area contributed by atoms with E-state index in [1.165, 1.54) is 18.4 Å². The zero-order valence-corrected chi connectivity index (χ0v) is 17.9. The van der Waals surface area contributed by atoms with Gasteiger partial charge in [-0.05, 0) is 56.7 Å². The van der Waals surface area contributed by atoms with Gasteiger partial charge in [0.25, 0.3) is 5.91 Å². The van der Waals surface area contributed by atoms with Gasteiger partial charge in [0, 0.05) is 42.7 Å². The van der Waals surface area contributed by atoms with Crippen molar-refractivity contribution in [3.8, 4) is 0 Å². The SMILES string of the molecule is CCc1cc(N(CC)CC)nc(SCc2ccc(C(=O)NCC3CC3)cc2)n1. The highest BCUT2D eigenvalue weighted by Crippen LogP contribution is 2.27. The Balaban J connectivity index is 1.61. The molecule has 0 bridgehead atoms. The van der Waals surface area contributed by atoms with Crippen LogP contribution in [0.3, 0.4) is 0 Å². The van der Waals surface area contributed by atoms with Crippen LogP contribution in [0.25, 0.3) is 0 Å². The van der Waals surface area contributed by atoms with E-state index in [4.69, 9.17) is 4.98 Å². The number of carbonyl (C=O) groups is 1. The van der Waals surface area contributed by atoms with Crippen molar-refractivity contribution in [3.05, 3.63) is 47.2 Å². The molecule has 1 heterocycles. The summed E-state index contributed by atoms with van der Waals surface area (Å²) in [7, 11) is 0. The number of nitrogens with zero attached hydrogens (tertiary/aromatic N) is 3. The molecule has 3 rings (SSSR count). The van der Waals surface area contributed by atoms with Gasteiger partial charge in [-0.15, -0.1) is 0 Å². The van der Waals surface area contributed by atoms with Crippen LogP contribution >= 0.6 is 11.8 Å². The predicted molar refractivity (Wildman–Crippen MR) is 116 cm³/mol. The molecule has 6 heteroatoms. The van der Waals surface area contributed by atoms with Crippen LogP contribution < -0.4 is 10.2 Å². The molecule has 1 N–H and O–H groups in total. The van der Waals surface area contributed by atoms with Gasteiger partial charge in [-0.1, -0.05) is 30.8 Å². The molecule has 1 fully saturated rings. The first-order valence-electron chi connectivity index (χ1n) is 10.3. The van der Waals surface area contributed by atoms with Gasteiger partial charge in [0.2, 0.25) is 0 Å². The van der Waals surface area contributed by atoms with Crippen molar-refractivity contribution >= 4 is 23.5 Å². The standard InChI is InChI=1S/C22H30N4OS/c1-4-19-13-20(26(5-2)6-3)25-22(24-19)28-15-17-9-11-18(12-10-17)21(27)23-14-16-7-8-16/h9-13,16H,4-8,14-15H2,1-3H3,(H,23,27). The fourth-order valence-electron chi connectivity index (χ4n) is 2.98. The highest BCUT2D eigenvalue weighted by atomic mass is 32.2. The van der Waals surface area contributed by atoms with E-state index in [0.29, 0.717) is 5.92 Å². The second kappa shape index (κ2) is 9.92. The first-order chi connectivity index (χ1) is 13.6. The number of aromatic nitrogens is 2. The van der Waals surface area contributed by atoms with E-state index in [0.717, 1.165) is 54.0 Å². The van der Waals surface area contributed by atoms with E-state index in [1.54, 1.807) is 11.8 Å². The molecule has 1 aromatic carbocycles. The number of hydrogen-bond donors (Lipinski definition) is 1. The number of aryl methyl sites for hydroxylation is 1. The molecule has 1 saturated carbocycles. The lowest BCUT2D eigenvalue weighted by atomic mass is 10.1. The number of amides is 1. The van der Waals surface area contributed by atoms with Crippen molar-refractivity contribution in [2.45, 2.75) is 50.9 Å². The summed E-state index contributed by atoms with van der Waals surface area (Å²) in [6, 6.07) is 9.94. The lowest BCUT2D eigenvalue weighted by Crippen LogP contribution is -2.25. The Morgan fingerprint density at radius 1 is 1.14 bits per heavy atom. The largest absolute Gasteiger partial charge is 0.357 e. The van der Waals surface area contributed by atoms with Crippen LogP contribution in [0, 0.1) is 5.92 Å². The topological polar surface area (TPSA) is 58.1 Å². The summed E-state index contributed by atoms with van der Waals surface area (Å²) >= 11 is 1.64. The molecule has 0 unspecified atom stereocenters. The van der Waals surface area contributed by atoms with Crippen molar-refractivity contribution in [1.82, 2.24) is 15.3 Å². The first kappa shape index (κ1) is 20.6. The molecule has 0 atom stereocenters. The minimum Gasteiger partial charge on any atom is -0.357 e. The minimum absolute atomic E-state index is 0.0222. The van der Waals surface area contributed by atoms with Gasteiger partial charge in [0.05, 0.1) is 0 Å². The highest BCUT2D eigenvalue weighted by Gasteiger charge is 2.21. The Kier molecular flexibility index (Phi) is 7.31. The second-order valence-corrected chi connectivity index (χ2v) is 8.11. The van der Waals surface area contributed by atoms with Crippen molar-refractivity contribution < 1.29 is 4.79 Å². The quantitative estimate of drug-likeness (QED) is 0.477. The molecule has 1 aromatic heterocycles. The molecule has 0 spiro atoms. The fourth-order valence-corrected chi connectivity index (χ4v) is 3.80. The van der Waals surface area contributed by atoms with Gasteiger partial charge in [0.1, 0.15) is 5.82 Å². The Labute approximate surface area is 172 Å². The molecule has 150 valence electrons. The summed E-state index contributed by atoms with van der Waals surface area (Å²) in [4.78, 5) is 23.8. The third kappa shape index (κ3) is 5.71. The molecular weight excluding hydrogens is 368 g/mol. The number of benzene rings is 1. The average molecular weight is 399 g/mol. The summed E-state index contributed by atoms with van der Waals surface area (Å²) < 4.78 is 0. The molecular formula is C22H30N4OS. The molecule has 1 amide bonds. The van der Waals surface area contributed by atoms with E-state index in [2.05, 4.69) is 42.0 Å². The molecule has 0 aliphatic heterocycles. The Hall–Kier alpha value is -2.08. The Morgan fingerprint density at radius 2 is 1.86 bits per heavy atom. The van der Waals surface area contributed by atoms with Gasteiger partial charge in [0.15, 0.2) is 5.16 Å². The van der Waals surface area contributed by atoms with Gasteiger partial charge >= 0.3 is 0 Å². The zero-order valence-electron chi connectivity index (χ0n) is 17.1. The molecule has 0 saturated heterocycles. The van der Waals surface area contributed by atoms with Crippen molar-refractivity contribution in [2.75, 3.05) is 24.5 Å².